The van der Waals surface area contributed by atoms with Crippen LogP contribution >= 0.6 is 0 Å². The molecular weight excluding hydrogens is 548 g/mol. The van der Waals surface area contributed by atoms with Gasteiger partial charge < -0.3 is 24.1 Å². The Labute approximate surface area is 240 Å². The van der Waals surface area contributed by atoms with Crippen LogP contribution in [0.4, 0.5) is 11.4 Å². The number of hydrogen-bond donors (Lipinski definition) is 1. The maximum absolute atomic E-state index is 13.7. The van der Waals surface area contributed by atoms with Crippen molar-refractivity contribution in [1.29, 1.82) is 0 Å². The number of sulfonamides is 1. The Morgan fingerprint density at radius 2 is 1.93 bits per heavy atom. The molecule has 220 valence electrons. The van der Waals surface area contributed by atoms with Crippen molar-refractivity contribution in [2.75, 3.05) is 43.0 Å². The molecule has 0 bridgehead atoms. The van der Waals surface area contributed by atoms with Crippen molar-refractivity contribution in [2.45, 2.75) is 50.7 Å². The summed E-state index contributed by atoms with van der Waals surface area (Å²) in [7, 11) is -2.24. The van der Waals surface area contributed by atoms with Crippen LogP contribution < -0.4 is 9.62 Å². The minimum Gasteiger partial charge on any atom is -0.421 e. The maximum atomic E-state index is 13.7. The predicted octanol–water partition coefficient (Wildman–Crippen LogP) is 3.86. The molecule has 2 aromatic carbocycles. The monoisotopic (exact) mass is 584 g/mol. The molecule has 4 rings (SSSR count). The van der Waals surface area contributed by atoms with Crippen LogP contribution in [0.25, 0.3) is 11.0 Å². The molecule has 1 fully saturated rings. The van der Waals surface area contributed by atoms with Crippen molar-refractivity contribution in [2.24, 2.45) is 5.92 Å². The number of imidazole rings is 1. The van der Waals surface area contributed by atoms with Crippen molar-refractivity contribution in [3.63, 3.8) is 0 Å². The number of fused-ring (bicyclic) bond motifs is 1. The summed E-state index contributed by atoms with van der Waals surface area (Å²) in [5, 5.41) is 2.82. The summed E-state index contributed by atoms with van der Waals surface area (Å²) in [6, 6.07) is 11.6. The van der Waals surface area contributed by atoms with Crippen molar-refractivity contribution < 1.29 is 32.2 Å². The second-order valence-electron chi connectivity index (χ2n) is 10.3. The quantitative estimate of drug-likeness (QED) is 0.192. The van der Waals surface area contributed by atoms with Gasteiger partial charge in [0.25, 0.3) is 10.0 Å². The van der Waals surface area contributed by atoms with E-state index in [0.29, 0.717) is 29.1 Å². The summed E-state index contributed by atoms with van der Waals surface area (Å²) in [5.74, 6) is 1.93. The van der Waals surface area contributed by atoms with Crippen LogP contribution in [0, 0.1) is 5.92 Å². The van der Waals surface area contributed by atoms with Gasteiger partial charge in [-0.15, -0.1) is 0 Å². The Balaban J connectivity index is 1.62. The zero-order valence-electron chi connectivity index (χ0n) is 23.8. The standard InChI is InChI=1S/C29H36N4O7S/c1-5-33(41(36,37)24-9-6-22(7-10-24)30-19-27(35)40-17-14-34)23-8-11-26-25(18-23)31-28(29(2,3)38-4)32(26)20-21-12-15-39-16-13-21/h6-11,17-18,21,30H,5,12-13,15-16,19-20H2,1-4H3. The topological polar surface area (TPSA) is 129 Å². The fourth-order valence-electron chi connectivity index (χ4n) is 4.87. The molecule has 1 aromatic heterocycles. The Bertz CT molecular complexity index is 1520. The number of ether oxygens (including phenoxy) is 3. The van der Waals surface area contributed by atoms with Gasteiger partial charge in [-0.3, -0.25) is 4.31 Å². The van der Waals surface area contributed by atoms with E-state index in [4.69, 9.17) is 14.5 Å². The van der Waals surface area contributed by atoms with E-state index in [2.05, 4.69) is 14.6 Å². The minimum atomic E-state index is -3.90. The van der Waals surface area contributed by atoms with E-state index >= 15 is 0 Å². The summed E-state index contributed by atoms with van der Waals surface area (Å²) >= 11 is 0. The maximum Gasteiger partial charge on any atom is 0.330 e. The van der Waals surface area contributed by atoms with E-state index in [0.717, 1.165) is 43.9 Å². The third-order valence-corrected chi connectivity index (χ3v) is 9.17. The molecule has 1 aliphatic heterocycles. The fraction of sp³-hybridized carbons (Fsp3) is 0.448. The molecule has 11 nitrogen and oxygen atoms in total. The Morgan fingerprint density at radius 1 is 1.22 bits per heavy atom. The lowest BCUT2D eigenvalue weighted by molar-refractivity contribution is -0.135. The Morgan fingerprint density at radius 3 is 2.56 bits per heavy atom. The molecule has 1 N–H and O–H groups in total. The van der Waals surface area contributed by atoms with Gasteiger partial charge in [-0.1, -0.05) is 0 Å². The molecule has 3 aromatic rings. The van der Waals surface area contributed by atoms with Gasteiger partial charge in [0.1, 0.15) is 18.0 Å². The molecule has 0 unspecified atom stereocenters. The molecule has 0 spiro atoms. The number of methoxy groups -OCH3 is 1. The number of carbonyl (C=O) groups is 1. The van der Waals surface area contributed by atoms with Gasteiger partial charge in [0.05, 0.1) is 21.6 Å². The van der Waals surface area contributed by atoms with Crippen molar-refractivity contribution >= 4 is 44.3 Å². The molecule has 1 aliphatic rings. The van der Waals surface area contributed by atoms with Crippen LogP contribution in [-0.2, 0) is 46.0 Å². The van der Waals surface area contributed by atoms with Gasteiger partial charge in [0, 0.05) is 39.1 Å². The molecule has 41 heavy (non-hydrogen) atoms. The third-order valence-electron chi connectivity index (χ3n) is 7.26. The number of rotatable bonds is 12. The zero-order chi connectivity index (χ0) is 29.6. The van der Waals surface area contributed by atoms with Crippen LogP contribution in [0.3, 0.4) is 0 Å². The van der Waals surface area contributed by atoms with Gasteiger partial charge in [0.2, 0.25) is 0 Å². The average Bonchev–Trinajstić information content (AvgIpc) is 3.34. The smallest absolute Gasteiger partial charge is 0.330 e. The molecule has 0 atom stereocenters. The van der Waals surface area contributed by atoms with E-state index in [1.807, 2.05) is 26.0 Å². The lowest BCUT2D eigenvalue weighted by Gasteiger charge is -2.27. The van der Waals surface area contributed by atoms with Gasteiger partial charge in [-0.05, 0) is 82.0 Å². The molecule has 0 radical (unpaired) electrons. The second-order valence-corrected chi connectivity index (χ2v) is 12.1. The predicted molar refractivity (Wildman–Crippen MR) is 155 cm³/mol. The highest BCUT2D eigenvalue weighted by molar-refractivity contribution is 7.92. The lowest BCUT2D eigenvalue weighted by Crippen LogP contribution is -2.30. The lowest BCUT2D eigenvalue weighted by atomic mass is 9.99. The zero-order valence-corrected chi connectivity index (χ0v) is 24.6. The highest BCUT2D eigenvalue weighted by Crippen LogP contribution is 2.33. The highest BCUT2D eigenvalue weighted by atomic mass is 32.2. The number of nitrogens with zero attached hydrogens (tertiary/aromatic N) is 3. The Hall–Kier alpha value is -3.70. The number of carbonyl (C=O) groups excluding carboxylic acids is 2. The molecular formula is C29H36N4O7S. The summed E-state index contributed by atoms with van der Waals surface area (Å²) in [6.45, 7) is 8.01. The number of aromatic nitrogens is 2. The molecule has 0 saturated carbocycles. The largest absolute Gasteiger partial charge is 0.421 e. The van der Waals surface area contributed by atoms with Crippen molar-refractivity contribution in [3.05, 3.63) is 54.6 Å². The van der Waals surface area contributed by atoms with Crippen LogP contribution in [0.5, 0.6) is 0 Å². The van der Waals surface area contributed by atoms with E-state index in [-0.39, 0.29) is 18.0 Å². The first-order valence-corrected chi connectivity index (χ1v) is 14.9. The van der Waals surface area contributed by atoms with Crippen molar-refractivity contribution in [1.82, 2.24) is 9.55 Å². The fourth-order valence-corrected chi connectivity index (χ4v) is 6.33. The Kier molecular flexibility index (Phi) is 9.49. The van der Waals surface area contributed by atoms with Crippen LogP contribution in [0.1, 0.15) is 39.4 Å². The normalized spacial score (nSPS) is 14.4. The van der Waals surface area contributed by atoms with Gasteiger partial charge >= 0.3 is 5.97 Å². The summed E-state index contributed by atoms with van der Waals surface area (Å²) in [4.78, 5) is 26.7. The summed E-state index contributed by atoms with van der Waals surface area (Å²) < 4.78 is 46.7. The van der Waals surface area contributed by atoms with Gasteiger partial charge in [-0.2, -0.15) is 0 Å². The molecule has 1 saturated heterocycles. The first-order chi connectivity index (χ1) is 19.6. The molecule has 2 heterocycles. The van der Waals surface area contributed by atoms with Crippen LogP contribution in [-0.4, -0.2) is 63.3 Å². The number of anilines is 2. The van der Waals surface area contributed by atoms with Crippen LogP contribution in [0.2, 0.25) is 0 Å². The highest BCUT2D eigenvalue weighted by Gasteiger charge is 2.30. The van der Waals surface area contributed by atoms with Crippen molar-refractivity contribution in [3.8, 4) is 0 Å². The van der Waals surface area contributed by atoms with Gasteiger partial charge in [-0.25, -0.2) is 23.0 Å². The average molecular weight is 585 g/mol. The van der Waals surface area contributed by atoms with Gasteiger partial charge in [0.15, 0.2) is 12.2 Å². The minimum absolute atomic E-state index is 0.0997. The van der Waals surface area contributed by atoms with E-state index < -0.39 is 21.6 Å². The molecule has 0 aliphatic carbocycles. The van der Waals surface area contributed by atoms with Crippen LogP contribution in [0.15, 0.2) is 53.6 Å². The van der Waals surface area contributed by atoms with E-state index in [9.17, 15) is 18.0 Å². The second kappa shape index (κ2) is 12.9. The SMILES string of the molecule is CCN(c1ccc2c(c1)nc(C(C)(C)OC)n2CC1CCOCC1)S(=O)(=O)c1ccc(NCC(=O)OC=C=O)cc1. The van der Waals surface area contributed by atoms with E-state index in [1.54, 1.807) is 32.2 Å². The first kappa shape index (κ1) is 30.3. The number of hydrogen-bond acceptors (Lipinski definition) is 9. The first-order valence-electron chi connectivity index (χ1n) is 13.5. The van der Waals surface area contributed by atoms with E-state index in [1.165, 1.54) is 22.4 Å². The molecule has 12 heteroatoms. The molecule has 0 amide bonds. The number of benzene rings is 2. The number of nitrogens with one attached hydrogen (secondary N) is 1. The number of esters is 1. The third kappa shape index (κ3) is 6.79. The summed E-state index contributed by atoms with van der Waals surface area (Å²) in [5.41, 5.74) is 2.00. The summed E-state index contributed by atoms with van der Waals surface area (Å²) in [6.07, 6.45) is 2.58.